The van der Waals surface area contributed by atoms with Gasteiger partial charge in [0, 0.05) is 42.9 Å². The summed E-state index contributed by atoms with van der Waals surface area (Å²) in [6.07, 6.45) is -17.8. The number of carboxylic acid groups (broad SMARTS) is 1. The highest BCUT2D eigenvalue weighted by molar-refractivity contribution is 6.31. The number of benzene rings is 3. The van der Waals surface area contributed by atoms with Gasteiger partial charge in [-0.15, -0.1) is 0 Å². The number of methoxy groups -OCH3 is 1. The minimum absolute atomic E-state index is 0.0110. The van der Waals surface area contributed by atoms with Gasteiger partial charge in [-0.1, -0.05) is 18.2 Å². The average molecular weight is 927 g/mol. The van der Waals surface area contributed by atoms with Crippen LogP contribution < -0.4 is 20.1 Å². The molecule has 0 spiro atoms. The molecule has 2 aliphatic heterocycles. The molecule has 0 unspecified atom stereocenters. The molecule has 2 amide bonds. The van der Waals surface area contributed by atoms with E-state index in [9.17, 15) is 74.7 Å². The van der Waals surface area contributed by atoms with Crippen molar-refractivity contribution < 1.29 is 103 Å². The monoisotopic (exact) mass is 926 g/mol. The number of phenols is 2. The van der Waals surface area contributed by atoms with Crippen molar-refractivity contribution in [3.05, 3.63) is 75.3 Å². The summed E-state index contributed by atoms with van der Waals surface area (Å²) in [5.41, 5.74) is -4.34. The van der Waals surface area contributed by atoms with Gasteiger partial charge in [0.2, 0.25) is 18.0 Å². The fraction of sp³-hybridized carbons (Fsp3) is 0.442. The van der Waals surface area contributed by atoms with Gasteiger partial charge in [-0.2, -0.15) is 0 Å². The Morgan fingerprint density at radius 2 is 1.61 bits per heavy atom. The maximum atomic E-state index is 14.0. The molecule has 2 heterocycles. The summed E-state index contributed by atoms with van der Waals surface area (Å²) in [6.45, 7) is 0.995. The van der Waals surface area contributed by atoms with Crippen LogP contribution in [0.3, 0.4) is 0 Å². The zero-order valence-corrected chi connectivity index (χ0v) is 35.2. The number of aliphatic carboxylic acids is 1. The number of carbonyl (C=O) groups excluding carboxylic acids is 5. The van der Waals surface area contributed by atoms with E-state index in [1.165, 1.54) is 50.4 Å². The van der Waals surface area contributed by atoms with Crippen molar-refractivity contribution in [1.29, 1.82) is 0 Å². The summed E-state index contributed by atoms with van der Waals surface area (Å²) in [5.74, 6) is -6.86. The minimum Gasteiger partial charge on any atom is -0.507 e. The van der Waals surface area contributed by atoms with E-state index in [4.69, 9.17) is 28.4 Å². The number of amides is 2. The molecule has 354 valence electrons. The van der Waals surface area contributed by atoms with Crippen LogP contribution in [0, 0.1) is 0 Å². The minimum atomic E-state index is -2.43. The van der Waals surface area contributed by atoms with Gasteiger partial charge in [-0.25, -0.2) is 9.59 Å². The summed E-state index contributed by atoms with van der Waals surface area (Å²) < 4.78 is 33.5. The van der Waals surface area contributed by atoms with Crippen LogP contribution in [0.4, 0.5) is 10.5 Å². The molecule has 0 radical (unpaired) electrons. The summed E-state index contributed by atoms with van der Waals surface area (Å²) in [6, 6.07) is 6.96. The number of phenolic OH excluding ortho intramolecular Hbond substituents is 2. The van der Waals surface area contributed by atoms with Crippen LogP contribution in [0.5, 0.6) is 23.0 Å². The second-order valence-electron chi connectivity index (χ2n) is 16.2. The van der Waals surface area contributed by atoms with Gasteiger partial charge >= 0.3 is 12.1 Å². The first-order chi connectivity index (χ1) is 31.2. The Morgan fingerprint density at radius 3 is 2.27 bits per heavy atom. The molecule has 11 N–H and O–H groups in total. The van der Waals surface area contributed by atoms with Crippen LogP contribution in [0.1, 0.15) is 81.3 Å². The fourth-order valence-electron chi connectivity index (χ4n) is 8.53. The van der Waals surface area contributed by atoms with Crippen LogP contribution in [-0.2, 0) is 46.4 Å². The largest absolute Gasteiger partial charge is 0.507 e. The number of nitrogens with one attached hydrogen (secondary N) is 2. The number of ketones is 3. The SMILES string of the molecule is COc1cccc2c1C(=O)c1c(O)c3c(c(O)c1C2=O)C[C@@](O)(C(=O)CO)C[C@@H]3O[C@H]1C[C@H](NC(=O)OCc2ccc(O[C@@H]3O[C@H](C(=O)O)[C@@H](O)[C@H](O)[C@H]3O)c(NC(C)=O)c2)[C@H](O)[C@H](C)O1. The molecule has 7 rings (SSSR count). The zero-order chi connectivity index (χ0) is 48.1. The highest BCUT2D eigenvalue weighted by atomic mass is 16.7. The predicted octanol–water partition coefficient (Wildman–Crippen LogP) is -0.802. The van der Waals surface area contributed by atoms with Crippen molar-refractivity contribution >= 4 is 41.0 Å². The summed E-state index contributed by atoms with van der Waals surface area (Å²) in [5, 5.41) is 101. The van der Waals surface area contributed by atoms with Crippen LogP contribution in [0.15, 0.2) is 36.4 Å². The van der Waals surface area contributed by atoms with Gasteiger partial charge in [0.15, 0.2) is 24.0 Å². The molecule has 2 fully saturated rings. The lowest BCUT2D eigenvalue weighted by Crippen LogP contribution is -2.61. The average Bonchev–Trinajstić information content (AvgIpc) is 3.27. The number of rotatable bonds is 12. The molecule has 4 aliphatic rings. The molecule has 23 nitrogen and oxygen atoms in total. The van der Waals surface area contributed by atoms with Gasteiger partial charge in [0.05, 0.1) is 47.7 Å². The van der Waals surface area contributed by atoms with E-state index in [1.54, 1.807) is 0 Å². The molecule has 2 aliphatic carbocycles. The summed E-state index contributed by atoms with van der Waals surface area (Å²) in [4.78, 5) is 77.6. The fourth-order valence-corrected chi connectivity index (χ4v) is 8.53. The molecule has 66 heavy (non-hydrogen) atoms. The number of aliphatic hydroxyl groups is 6. The number of fused-ring (bicyclic) bond motifs is 3. The van der Waals surface area contributed by atoms with Gasteiger partial charge in [0.25, 0.3) is 0 Å². The van der Waals surface area contributed by atoms with Crippen LogP contribution in [0.2, 0.25) is 0 Å². The number of Topliss-reactive ketones (excluding diaryl/α,β-unsaturated/α-hetero) is 1. The van der Waals surface area contributed by atoms with E-state index in [0.29, 0.717) is 0 Å². The first-order valence-corrected chi connectivity index (χ1v) is 20.3. The third-order valence-electron chi connectivity index (χ3n) is 11.8. The van der Waals surface area contributed by atoms with Gasteiger partial charge in [0.1, 0.15) is 66.2 Å². The van der Waals surface area contributed by atoms with Crippen molar-refractivity contribution in [2.45, 2.75) is 107 Å². The Kier molecular flexibility index (Phi) is 13.4. The van der Waals surface area contributed by atoms with Gasteiger partial charge < -0.3 is 85.0 Å². The number of carbonyl (C=O) groups is 6. The molecule has 0 aromatic heterocycles. The summed E-state index contributed by atoms with van der Waals surface area (Å²) in [7, 11) is 1.27. The van der Waals surface area contributed by atoms with Crippen LogP contribution in [0.25, 0.3) is 0 Å². The number of hydrogen-bond donors (Lipinski definition) is 11. The molecular formula is C43H46N2O21. The lowest BCUT2D eigenvalue weighted by molar-refractivity contribution is -0.271. The smallest absolute Gasteiger partial charge is 0.407 e. The Bertz CT molecular complexity index is 2480. The van der Waals surface area contributed by atoms with Crippen LogP contribution >= 0.6 is 0 Å². The van der Waals surface area contributed by atoms with Crippen molar-refractivity contribution in [2.75, 3.05) is 19.0 Å². The number of aliphatic hydroxyl groups excluding tert-OH is 5. The maximum absolute atomic E-state index is 14.0. The van der Waals surface area contributed by atoms with Gasteiger partial charge in [-0.3, -0.25) is 19.2 Å². The zero-order valence-electron chi connectivity index (χ0n) is 35.2. The lowest BCUT2D eigenvalue weighted by Gasteiger charge is -2.42. The predicted molar refractivity (Wildman–Crippen MR) is 217 cm³/mol. The number of anilines is 1. The second kappa shape index (κ2) is 18.5. The van der Waals surface area contributed by atoms with Crippen molar-refractivity contribution in [3.8, 4) is 23.0 Å². The number of alkyl carbamates (subject to hydrolysis) is 1. The van der Waals surface area contributed by atoms with E-state index >= 15 is 0 Å². The van der Waals surface area contributed by atoms with E-state index in [0.717, 1.165) is 6.92 Å². The van der Waals surface area contributed by atoms with E-state index in [2.05, 4.69) is 10.6 Å². The van der Waals surface area contributed by atoms with E-state index in [-0.39, 0.29) is 51.4 Å². The molecule has 0 saturated carbocycles. The molecule has 11 atom stereocenters. The Labute approximate surface area is 373 Å². The Hall–Kier alpha value is -6.28. The standard InChI is InChI=1S/C43H46N2O21/c1-15-31(49)21(45-42(59)62-14-17-7-8-22(20(9-17)44-16(2)47)65-41-38(56)36(54)37(55)39(66-41)40(57)58)10-26(63-15)64-24-12-43(60,25(48)13-46)11-19-28(24)35(53)30-29(33(19)51)32(50)18-5-4-6-23(61-3)27(18)34(30)52/h4-9,15,21,24,26,31,36-39,41,46,49,51,53-56,60H,10-14H2,1-3H3,(H,44,47)(H,45,59)(H,57,58)/t15-,21-,24-,26-,31+,36-,37-,38+,39-,41+,43-/m0/s1. The van der Waals surface area contributed by atoms with E-state index < -0.39 is 151 Å². The molecular weight excluding hydrogens is 880 g/mol. The molecule has 23 heteroatoms. The topological polar surface area (TPSA) is 364 Å². The van der Waals surface area contributed by atoms with E-state index in [1.807, 2.05) is 0 Å². The van der Waals surface area contributed by atoms with Crippen LogP contribution in [-0.4, -0.2) is 156 Å². The first kappa shape index (κ1) is 47.7. The molecule has 2 saturated heterocycles. The third kappa shape index (κ3) is 8.75. The number of ether oxygens (including phenoxy) is 6. The highest BCUT2D eigenvalue weighted by Gasteiger charge is 2.51. The van der Waals surface area contributed by atoms with Gasteiger partial charge in [-0.05, 0) is 30.7 Å². The summed E-state index contributed by atoms with van der Waals surface area (Å²) >= 11 is 0. The highest BCUT2D eigenvalue weighted by Crippen LogP contribution is 2.52. The van der Waals surface area contributed by atoms with Crippen molar-refractivity contribution in [3.63, 3.8) is 0 Å². The second-order valence-corrected chi connectivity index (χ2v) is 16.2. The Balaban J connectivity index is 1.09. The molecule has 3 aromatic carbocycles. The molecule has 3 aromatic rings. The quantitative estimate of drug-likeness (QED) is 0.0775. The number of hydrogen-bond acceptors (Lipinski definition) is 20. The third-order valence-corrected chi connectivity index (χ3v) is 11.8. The Morgan fingerprint density at radius 1 is 0.894 bits per heavy atom. The lowest BCUT2D eigenvalue weighted by atomic mass is 9.72. The maximum Gasteiger partial charge on any atom is 0.407 e. The number of carboxylic acids is 1. The molecule has 0 bridgehead atoms. The normalized spacial score (nSPS) is 29.1. The van der Waals surface area contributed by atoms with Crippen molar-refractivity contribution in [2.24, 2.45) is 0 Å². The number of aromatic hydroxyl groups is 2. The van der Waals surface area contributed by atoms with Crippen molar-refractivity contribution in [1.82, 2.24) is 5.32 Å². The first-order valence-electron chi connectivity index (χ1n) is 20.3.